The number of nitrogens with one attached hydrogen (secondary N) is 1. The lowest BCUT2D eigenvalue weighted by molar-refractivity contribution is -0.124. The first-order chi connectivity index (χ1) is 8.40. The summed E-state index contributed by atoms with van der Waals surface area (Å²) in [7, 11) is 2.10. The van der Waals surface area contributed by atoms with Gasteiger partial charge >= 0.3 is 0 Å². The second-order valence-corrected chi connectivity index (χ2v) is 5.42. The predicted octanol–water partition coefficient (Wildman–Crippen LogP) is 2.02. The Morgan fingerprint density at radius 3 is 2.33 bits per heavy atom. The fourth-order valence-corrected chi connectivity index (χ4v) is 1.58. The third-order valence-corrected chi connectivity index (χ3v) is 3.21. The molecule has 1 amide bonds. The van der Waals surface area contributed by atoms with Crippen LogP contribution in [0.25, 0.3) is 0 Å². The van der Waals surface area contributed by atoms with Gasteiger partial charge in [0.2, 0.25) is 5.91 Å². The molecular formula is C14H27N3O. The molecule has 1 unspecified atom stereocenters. The van der Waals surface area contributed by atoms with Crippen LogP contribution < -0.4 is 5.32 Å². The highest BCUT2D eigenvalue weighted by Gasteiger charge is 2.20. The monoisotopic (exact) mass is 253 g/mol. The molecule has 1 atom stereocenters. The Kier molecular flexibility index (Phi) is 8.40. The van der Waals surface area contributed by atoms with Crippen LogP contribution in [0.2, 0.25) is 0 Å². The zero-order valence-electron chi connectivity index (χ0n) is 12.4. The zero-order valence-corrected chi connectivity index (χ0v) is 12.4. The first-order valence-corrected chi connectivity index (χ1v) is 6.77. The highest BCUT2D eigenvalue weighted by molar-refractivity contribution is 5.81. The van der Waals surface area contributed by atoms with Crippen LogP contribution in [0.15, 0.2) is 0 Å². The summed E-state index contributed by atoms with van der Waals surface area (Å²) in [5, 5.41) is 11.7. The number of nitrogens with zero attached hydrogens (tertiary/aromatic N) is 2. The Morgan fingerprint density at radius 2 is 1.89 bits per heavy atom. The molecule has 4 heteroatoms. The van der Waals surface area contributed by atoms with E-state index in [1.807, 2.05) is 13.8 Å². The van der Waals surface area contributed by atoms with Crippen molar-refractivity contribution < 1.29 is 4.79 Å². The first-order valence-electron chi connectivity index (χ1n) is 6.77. The van der Waals surface area contributed by atoms with Crippen LogP contribution in [0.1, 0.15) is 40.5 Å². The van der Waals surface area contributed by atoms with Crippen LogP contribution in [0.3, 0.4) is 0 Å². The summed E-state index contributed by atoms with van der Waals surface area (Å²) in [6.07, 6.45) is 2.02. The summed E-state index contributed by atoms with van der Waals surface area (Å²) in [5.41, 5.74) is 0. The van der Waals surface area contributed by atoms with E-state index in [2.05, 4.69) is 37.2 Å². The molecular weight excluding hydrogens is 226 g/mol. The van der Waals surface area contributed by atoms with Crippen LogP contribution >= 0.6 is 0 Å². The van der Waals surface area contributed by atoms with Gasteiger partial charge in [-0.3, -0.25) is 4.79 Å². The molecule has 0 aliphatic carbocycles. The molecule has 0 radical (unpaired) electrons. The van der Waals surface area contributed by atoms with Gasteiger partial charge < -0.3 is 10.2 Å². The number of unbranched alkanes of at least 4 members (excludes halogenated alkanes) is 1. The van der Waals surface area contributed by atoms with E-state index in [1.165, 1.54) is 0 Å². The lowest BCUT2D eigenvalue weighted by atomic mass is 9.97. The lowest BCUT2D eigenvalue weighted by Crippen LogP contribution is -2.34. The van der Waals surface area contributed by atoms with Gasteiger partial charge in [-0.05, 0) is 46.2 Å². The third-order valence-electron chi connectivity index (χ3n) is 3.21. The molecule has 104 valence electrons. The molecule has 0 aliphatic rings. The summed E-state index contributed by atoms with van der Waals surface area (Å²) in [4.78, 5) is 14.0. The number of carbonyl (C=O) groups is 1. The van der Waals surface area contributed by atoms with Crippen molar-refractivity contribution in [1.82, 2.24) is 10.2 Å². The summed E-state index contributed by atoms with van der Waals surface area (Å²) < 4.78 is 0. The quantitative estimate of drug-likeness (QED) is 0.673. The lowest BCUT2D eigenvalue weighted by Gasteiger charge is -2.20. The van der Waals surface area contributed by atoms with E-state index in [0.29, 0.717) is 12.6 Å². The second kappa shape index (κ2) is 8.93. The van der Waals surface area contributed by atoms with Gasteiger partial charge in [0.05, 0.1) is 6.07 Å². The molecule has 1 N–H and O–H groups in total. The van der Waals surface area contributed by atoms with Gasteiger partial charge in [-0.1, -0.05) is 13.8 Å². The normalized spacial score (nSPS) is 12.8. The third kappa shape index (κ3) is 6.61. The van der Waals surface area contributed by atoms with E-state index in [-0.39, 0.29) is 11.8 Å². The molecule has 0 fully saturated rings. The van der Waals surface area contributed by atoms with Gasteiger partial charge in [-0.25, -0.2) is 0 Å². The van der Waals surface area contributed by atoms with Crippen molar-refractivity contribution in [2.75, 3.05) is 20.1 Å². The molecule has 0 saturated heterocycles. The highest BCUT2D eigenvalue weighted by atomic mass is 16.1. The van der Waals surface area contributed by atoms with E-state index in [0.717, 1.165) is 19.4 Å². The number of carbonyl (C=O) groups excluding carboxylic acids is 1. The second-order valence-electron chi connectivity index (χ2n) is 5.42. The van der Waals surface area contributed by atoms with Crippen molar-refractivity contribution in [3.63, 3.8) is 0 Å². The molecule has 0 aromatic carbocycles. The number of amides is 1. The van der Waals surface area contributed by atoms with Gasteiger partial charge in [-0.2, -0.15) is 5.26 Å². The first kappa shape index (κ1) is 16.9. The maximum Gasteiger partial charge on any atom is 0.237 e. The fraction of sp³-hybridized carbons (Fsp3) is 0.857. The van der Waals surface area contributed by atoms with E-state index < -0.39 is 5.92 Å². The topological polar surface area (TPSA) is 56.1 Å². The van der Waals surface area contributed by atoms with Crippen molar-refractivity contribution in [1.29, 1.82) is 5.26 Å². The van der Waals surface area contributed by atoms with Gasteiger partial charge in [0, 0.05) is 12.6 Å². The summed E-state index contributed by atoms with van der Waals surface area (Å²) >= 11 is 0. The fourth-order valence-electron chi connectivity index (χ4n) is 1.58. The number of hydrogen-bond acceptors (Lipinski definition) is 3. The van der Waals surface area contributed by atoms with Crippen LogP contribution in [0, 0.1) is 23.2 Å². The Bertz CT molecular complexity index is 281. The Morgan fingerprint density at radius 1 is 1.28 bits per heavy atom. The molecule has 0 aliphatic heterocycles. The van der Waals surface area contributed by atoms with Crippen molar-refractivity contribution in [2.45, 2.75) is 46.6 Å². The average molecular weight is 253 g/mol. The van der Waals surface area contributed by atoms with Gasteiger partial charge in [0.25, 0.3) is 0 Å². The smallest absolute Gasteiger partial charge is 0.237 e. The van der Waals surface area contributed by atoms with Crippen LogP contribution in [0.5, 0.6) is 0 Å². The molecule has 0 aromatic heterocycles. The van der Waals surface area contributed by atoms with E-state index in [9.17, 15) is 4.79 Å². The molecule has 0 saturated carbocycles. The van der Waals surface area contributed by atoms with Crippen LogP contribution in [0.4, 0.5) is 0 Å². The van der Waals surface area contributed by atoms with E-state index in [1.54, 1.807) is 0 Å². The summed E-state index contributed by atoms with van der Waals surface area (Å²) in [5.74, 6) is -0.588. The van der Waals surface area contributed by atoms with E-state index >= 15 is 0 Å². The highest BCUT2D eigenvalue weighted by Crippen LogP contribution is 2.09. The minimum Gasteiger partial charge on any atom is -0.355 e. The van der Waals surface area contributed by atoms with Crippen molar-refractivity contribution >= 4 is 5.91 Å². The maximum atomic E-state index is 11.7. The summed E-state index contributed by atoms with van der Waals surface area (Å²) in [6, 6.07) is 2.61. The molecule has 4 nitrogen and oxygen atoms in total. The molecule has 0 aromatic rings. The van der Waals surface area contributed by atoms with Gasteiger partial charge in [-0.15, -0.1) is 0 Å². The minimum atomic E-state index is -0.525. The van der Waals surface area contributed by atoms with Gasteiger partial charge in [0.1, 0.15) is 5.92 Å². The molecule has 0 bridgehead atoms. The number of rotatable bonds is 8. The standard InChI is InChI=1S/C14H27N3O/c1-11(2)13(10-15)14(18)16-8-6-7-9-17(5)12(3)4/h11-13H,6-9H2,1-5H3,(H,16,18). The maximum absolute atomic E-state index is 11.7. The van der Waals surface area contributed by atoms with Gasteiger partial charge in [0.15, 0.2) is 0 Å². The minimum absolute atomic E-state index is 0.0714. The van der Waals surface area contributed by atoms with E-state index in [4.69, 9.17) is 5.26 Å². The largest absolute Gasteiger partial charge is 0.355 e. The van der Waals surface area contributed by atoms with Crippen molar-refractivity contribution in [3.8, 4) is 6.07 Å². The van der Waals surface area contributed by atoms with Crippen LogP contribution in [-0.4, -0.2) is 37.0 Å². The average Bonchev–Trinajstić information content (AvgIpc) is 2.28. The van der Waals surface area contributed by atoms with Crippen LogP contribution in [-0.2, 0) is 4.79 Å². The number of nitriles is 1. The Balaban J connectivity index is 3.73. The molecule has 0 heterocycles. The Hall–Kier alpha value is -1.08. The number of hydrogen-bond donors (Lipinski definition) is 1. The molecule has 18 heavy (non-hydrogen) atoms. The SMILES string of the molecule is CC(C)C(C#N)C(=O)NCCCCN(C)C(C)C. The zero-order chi connectivity index (χ0) is 14.1. The van der Waals surface area contributed by atoms with Crippen molar-refractivity contribution in [3.05, 3.63) is 0 Å². The predicted molar refractivity (Wildman–Crippen MR) is 74.0 cm³/mol. The molecule has 0 spiro atoms. The Labute approximate surface area is 111 Å². The molecule has 0 rings (SSSR count). The van der Waals surface area contributed by atoms with Crippen molar-refractivity contribution in [2.24, 2.45) is 11.8 Å². The summed E-state index contributed by atoms with van der Waals surface area (Å²) in [6.45, 7) is 9.83.